The smallest absolute Gasteiger partial charge is 0.206 e. The Morgan fingerprint density at radius 1 is 0.147 bits per heavy atom. The standard InChI is InChI=1S/2C13H10O.2C12H10O2S.2C12H10.2C10H8.2C6H6O2.16CH4O/c2*14-13(11-7-3-1-4-8-11)12-9-5-2-6-10-12;2*13-15(14,11-7-3-1-4-8-11)12-9-5-2-6-10-12;2*1-3-7-11(8-4-1)12-9-5-2-6-10-12;2*1-2-6-10-8-4-3-7-9(10)5-1;7-5-2-1-3-6(8)4-5;7-5-3-1-2-4-6(5)8;16*1-2/h2*1-10H;2*1-10H;2*1-10H;2*1-8H;2*1-4,7-8H;16*2H,1H3. The van der Waals surface area contributed by atoms with Crippen molar-refractivity contribution >= 4 is 52.8 Å². The normalized spacial score (nSPS) is 8.53. The molecule has 150 heavy (non-hydrogen) atoms. The van der Waals surface area contributed by atoms with E-state index in [1.165, 1.54) is 74.1 Å². The number of phenols is 4. The van der Waals surface area contributed by atoms with Gasteiger partial charge < -0.3 is 102 Å². The van der Waals surface area contributed by atoms with E-state index in [-0.39, 0.29) is 34.6 Å². The van der Waals surface area contributed by atoms with Crippen molar-refractivity contribution in [3.05, 3.63) is 532 Å². The first-order chi connectivity index (χ1) is 73.6. The van der Waals surface area contributed by atoms with Crippen LogP contribution in [0.25, 0.3) is 43.8 Å². The molecule has 0 radical (unpaired) electrons. The number of aromatic hydroxyl groups is 4. The highest BCUT2D eigenvalue weighted by Gasteiger charge is 2.17. The Hall–Kier alpha value is -15.7. The first-order valence-corrected chi connectivity index (χ1v) is 47.8. The molecule has 0 spiro atoms. The van der Waals surface area contributed by atoms with Crippen LogP contribution in [-0.2, 0) is 19.7 Å². The van der Waals surface area contributed by atoms with E-state index in [4.69, 9.17) is 102 Å². The van der Waals surface area contributed by atoms with Crippen LogP contribution < -0.4 is 0 Å². The van der Waals surface area contributed by atoms with E-state index < -0.39 is 19.7 Å². The lowest BCUT2D eigenvalue weighted by molar-refractivity contribution is 0.103. The van der Waals surface area contributed by atoms with Crippen LogP contribution >= 0.6 is 0 Å². The Labute approximate surface area is 886 Å². The summed E-state index contributed by atoms with van der Waals surface area (Å²) < 4.78 is 48.1. The Morgan fingerprint density at radius 2 is 0.267 bits per heavy atom. The summed E-state index contributed by atoms with van der Waals surface area (Å²) in [5, 5.41) is 152. The Morgan fingerprint density at radius 3 is 0.393 bits per heavy atom. The number of carbonyl (C=O) groups is 2. The predicted octanol–water partition coefficient (Wildman–Crippen LogP) is 19.2. The van der Waals surface area contributed by atoms with E-state index in [0.717, 1.165) is 136 Å². The molecule has 0 saturated heterocycles. The van der Waals surface area contributed by atoms with Crippen LogP contribution in [-0.4, -0.2) is 244 Å². The summed E-state index contributed by atoms with van der Waals surface area (Å²) in [5.74, 6) is 0.174. The Bertz CT molecular complexity index is 5410. The zero-order valence-corrected chi connectivity index (χ0v) is 89.3. The fourth-order valence-corrected chi connectivity index (χ4v) is 13.7. The molecule has 0 atom stereocenters. The molecule has 0 aliphatic rings. The molecule has 18 aromatic rings. The molecule has 28 heteroatoms. The molecule has 26 nitrogen and oxygen atoms in total. The van der Waals surface area contributed by atoms with Gasteiger partial charge in [-0.1, -0.05) is 431 Å². The summed E-state index contributed by atoms with van der Waals surface area (Å²) in [6.07, 6.45) is 0. The highest BCUT2D eigenvalue weighted by molar-refractivity contribution is 7.91. The maximum Gasteiger partial charge on any atom is 0.206 e. The molecule has 0 amide bonds. The molecule has 18 rings (SSSR count). The second kappa shape index (κ2) is 109. The van der Waals surface area contributed by atoms with E-state index in [2.05, 4.69) is 194 Å². The second-order valence-electron chi connectivity index (χ2n) is 25.5. The van der Waals surface area contributed by atoms with Gasteiger partial charge in [-0.25, -0.2) is 16.8 Å². The second-order valence-corrected chi connectivity index (χ2v) is 29.4. The molecule has 0 aromatic heterocycles. The first kappa shape index (κ1) is 150. The quantitative estimate of drug-likeness (QED) is 0.0446. The van der Waals surface area contributed by atoms with Crippen molar-refractivity contribution in [3.63, 3.8) is 0 Å². The van der Waals surface area contributed by atoms with E-state index in [1.807, 2.05) is 146 Å². The summed E-state index contributed by atoms with van der Waals surface area (Å²) in [6, 6.07) is 158. The minimum absolute atomic E-state index is 0.0752. The highest BCUT2D eigenvalue weighted by Crippen LogP contribution is 2.25. The van der Waals surface area contributed by atoms with Crippen LogP contribution in [0.5, 0.6) is 23.0 Å². The Balaban J connectivity index is -0.000000242. The number of sulfone groups is 2. The van der Waals surface area contributed by atoms with E-state index >= 15 is 0 Å². The SMILES string of the molecule is CO.CO.CO.CO.CO.CO.CO.CO.CO.CO.CO.CO.CO.CO.CO.CO.O=C(c1ccccc1)c1ccccc1.O=C(c1ccccc1)c1ccccc1.O=S(=O)(c1ccccc1)c1ccccc1.O=S(=O)(c1ccccc1)c1ccccc1.Oc1cccc(O)c1.Oc1ccccc1O.c1ccc(-c2ccccc2)cc1.c1ccc(-c2ccccc2)cc1.c1ccc2ccccc2c1.c1ccc2ccccc2c1. The average molecular weight is 2100 g/mol. The van der Waals surface area contributed by atoms with Gasteiger partial charge in [-0.15, -0.1) is 0 Å². The summed E-state index contributed by atoms with van der Waals surface area (Å²) in [7, 11) is 9.32. The van der Waals surface area contributed by atoms with E-state index in [9.17, 15) is 26.4 Å². The lowest BCUT2D eigenvalue weighted by Gasteiger charge is -2.03. The molecule has 808 valence electrons. The van der Waals surface area contributed by atoms with Crippen LogP contribution in [0.1, 0.15) is 31.8 Å². The molecule has 0 fully saturated rings. The number of carbonyl (C=O) groups excluding carboxylic acids is 2. The molecule has 0 aliphatic carbocycles. The van der Waals surface area contributed by atoms with Gasteiger partial charge in [0.25, 0.3) is 0 Å². The van der Waals surface area contributed by atoms with Crippen molar-refractivity contribution in [1.82, 2.24) is 0 Å². The molecule has 18 aromatic carbocycles. The van der Waals surface area contributed by atoms with Gasteiger partial charge in [0.05, 0.1) is 19.6 Å². The number of aliphatic hydroxyl groups is 16. The van der Waals surface area contributed by atoms with Gasteiger partial charge in [0.15, 0.2) is 23.1 Å². The lowest BCUT2D eigenvalue weighted by Crippen LogP contribution is -2.00. The molecular weight excluding hydrogens is 1950 g/mol. The number of hydrogen-bond donors (Lipinski definition) is 20. The van der Waals surface area contributed by atoms with E-state index in [1.54, 1.807) is 140 Å². The van der Waals surface area contributed by atoms with Crippen molar-refractivity contribution in [3.8, 4) is 45.3 Å². The molecule has 20 N–H and O–H groups in total. The predicted molar refractivity (Wildman–Crippen MR) is 611 cm³/mol. The van der Waals surface area contributed by atoms with Gasteiger partial charge in [-0.2, -0.15) is 0 Å². The number of phenolic OH excluding ortho intramolecular Hbond substituents is 4. The topological polar surface area (TPSA) is 507 Å². The maximum atomic E-state index is 12.0. The highest BCUT2D eigenvalue weighted by atomic mass is 32.2. The van der Waals surface area contributed by atoms with Crippen molar-refractivity contribution in [1.29, 1.82) is 0 Å². The average Bonchev–Trinajstić information content (AvgIpc) is 0.811. The minimum atomic E-state index is -3.34. The molecular formula is C122H152O26S2. The van der Waals surface area contributed by atoms with Gasteiger partial charge in [0, 0.05) is 142 Å². The number of benzene rings is 18. The first-order valence-electron chi connectivity index (χ1n) is 44.8. The molecule has 0 unspecified atom stereocenters. The van der Waals surface area contributed by atoms with Crippen LogP contribution in [0.2, 0.25) is 0 Å². The zero-order chi connectivity index (χ0) is 115. The van der Waals surface area contributed by atoms with Crippen molar-refractivity contribution < 1.29 is 129 Å². The summed E-state index contributed by atoms with van der Waals surface area (Å²) >= 11 is 0. The number of para-hydroxylation sites is 2. The van der Waals surface area contributed by atoms with Crippen LogP contribution in [0.15, 0.2) is 529 Å². The third-order valence-corrected chi connectivity index (χ3v) is 20.7. The van der Waals surface area contributed by atoms with Gasteiger partial charge >= 0.3 is 0 Å². The molecule has 0 aliphatic heterocycles. The maximum absolute atomic E-state index is 12.0. The fraction of sp³-hybridized carbons (Fsp3) is 0.131. The van der Waals surface area contributed by atoms with Crippen molar-refractivity contribution in [2.75, 3.05) is 114 Å². The minimum Gasteiger partial charge on any atom is -0.508 e. The fourth-order valence-electron chi connectivity index (χ4n) is 11.1. The Kier molecular flexibility index (Phi) is 109. The summed E-state index contributed by atoms with van der Waals surface area (Å²) in [4.78, 5) is 25.0. The number of hydrogen-bond acceptors (Lipinski definition) is 26. The van der Waals surface area contributed by atoms with E-state index in [0.29, 0.717) is 19.6 Å². The summed E-state index contributed by atoms with van der Waals surface area (Å²) in [5.41, 5.74) is 8.04. The summed E-state index contributed by atoms with van der Waals surface area (Å²) in [6.45, 7) is 0. The van der Waals surface area contributed by atoms with Crippen LogP contribution in [0.4, 0.5) is 0 Å². The van der Waals surface area contributed by atoms with Gasteiger partial charge in [0.2, 0.25) is 19.7 Å². The lowest BCUT2D eigenvalue weighted by atomic mass is 10.0. The van der Waals surface area contributed by atoms with Crippen molar-refractivity contribution in [2.24, 2.45) is 0 Å². The monoisotopic (exact) mass is 2100 g/mol. The molecule has 0 bridgehead atoms. The van der Waals surface area contributed by atoms with Crippen LogP contribution in [0.3, 0.4) is 0 Å². The third kappa shape index (κ3) is 66.4. The number of fused-ring (bicyclic) bond motifs is 2. The largest absolute Gasteiger partial charge is 0.508 e. The zero-order valence-electron chi connectivity index (χ0n) is 87.7. The van der Waals surface area contributed by atoms with Gasteiger partial charge in [-0.3, -0.25) is 9.59 Å². The number of rotatable bonds is 10. The number of aliphatic hydroxyl groups excluding tert-OH is 16. The molecule has 0 saturated carbocycles. The van der Waals surface area contributed by atoms with Crippen molar-refractivity contribution in [2.45, 2.75) is 19.6 Å². The van der Waals surface area contributed by atoms with Crippen LogP contribution in [0, 0.1) is 0 Å². The van der Waals surface area contributed by atoms with Gasteiger partial charge in [-0.05, 0) is 117 Å². The third-order valence-electron chi connectivity index (χ3n) is 17.1. The van der Waals surface area contributed by atoms with Gasteiger partial charge in [0.1, 0.15) is 11.5 Å². The molecule has 0 heterocycles. The number of ketones is 2.